The van der Waals surface area contributed by atoms with Crippen molar-refractivity contribution in [3.05, 3.63) is 158 Å². The first-order valence-corrected chi connectivity index (χ1v) is 15.6. The highest BCUT2D eigenvalue weighted by Gasteiger charge is 2.28. The number of rotatable bonds is 3. The second kappa shape index (κ2) is 9.62. The molecule has 0 spiro atoms. The Kier molecular flexibility index (Phi) is 5.25. The van der Waals surface area contributed by atoms with E-state index < -0.39 is 0 Å². The van der Waals surface area contributed by atoms with Gasteiger partial charge in [-0.15, -0.1) is 0 Å². The fraction of sp³-hybridized carbons (Fsp3) is 0. The Morgan fingerprint density at radius 2 is 1.04 bits per heavy atom. The van der Waals surface area contributed by atoms with Gasteiger partial charge < -0.3 is 4.57 Å². The lowest BCUT2D eigenvalue weighted by Gasteiger charge is -2.32. The lowest BCUT2D eigenvalue weighted by molar-refractivity contribution is 1.18. The van der Waals surface area contributed by atoms with Crippen LogP contribution in [-0.4, -0.2) is 14.5 Å². The van der Waals surface area contributed by atoms with Gasteiger partial charge in [0.2, 0.25) is 0 Å². The Hall–Kier alpha value is -6.26. The largest absolute Gasteiger partial charge is 0.309 e. The molecular weight excluding hydrogens is 560 g/mol. The molecule has 10 rings (SSSR count). The summed E-state index contributed by atoms with van der Waals surface area (Å²) in [6.45, 7) is 0. The fourth-order valence-electron chi connectivity index (χ4n) is 7.30. The molecule has 4 nitrogen and oxygen atoms in total. The van der Waals surface area contributed by atoms with Crippen LogP contribution < -0.4 is 4.90 Å². The van der Waals surface area contributed by atoms with Gasteiger partial charge in [-0.2, -0.15) is 0 Å². The molecule has 0 N–H and O–H groups in total. The van der Waals surface area contributed by atoms with Crippen LogP contribution in [0, 0.1) is 0 Å². The Balaban J connectivity index is 1.07. The summed E-state index contributed by atoms with van der Waals surface area (Å²) in [6.07, 6.45) is 1.92. The van der Waals surface area contributed by atoms with Gasteiger partial charge in [0.15, 0.2) is 0 Å². The van der Waals surface area contributed by atoms with E-state index in [2.05, 4.69) is 161 Å². The first-order chi connectivity index (χ1) is 22.8. The predicted octanol–water partition coefficient (Wildman–Crippen LogP) is 11.0. The second-order valence-electron chi connectivity index (χ2n) is 11.9. The highest BCUT2D eigenvalue weighted by atomic mass is 15.2. The van der Waals surface area contributed by atoms with E-state index in [4.69, 9.17) is 9.97 Å². The van der Waals surface area contributed by atoms with E-state index in [0.29, 0.717) is 0 Å². The van der Waals surface area contributed by atoms with Crippen molar-refractivity contribution in [1.82, 2.24) is 14.5 Å². The third kappa shape index (κ3) is 3.55. The van der Waals surface area contributed by atoms with Gasteiger partial charge in [0, 0.05) is 39.3 Å². The number of fused-ring (bicyclic) bond motifs is 7. The van der Waals surface area contributed by atoms with E-state index in [-0.39, 0.29) is 0 Å². The molecule has 9 aromatic rings. The predicted molar refractivity (Wildman–Crippen MR) is 190 cm³/mol. The number of hydrogen-bond donors (Lipinski definition) is 0. The van der Waals surface area contributed by atoms with Crippen LogP contribution >= 0.6 is 0 Å². The van der Waals surface area contributed by atoms with E-state index in [1.165, 1.54) is 38.3 Å². The molecule has 214 valence electrons. The third-order valence-electron chi connectivity index (χ3n) is 9.37. The fourth-order valence-corrected chi connectivity index (χ4v) is 7.30. The molecule has 6 aromatic carbocycles. The van der Waals surface area contributed by atoms with Gasteiger partial charge >= 0.3 is 0 Å². The lowest BCUT2D eigenvalue weighted by atomic mass is 9.95. The summed E-state index contributed by atoms with van der Waals surface area (Å²) in [6, 6.07) is 54.0. The van der Waals surface area contributed by atoms with Gasteiger partial charge in [0.1, 0.15) is 5.82 Å². The molecule has 0 fully saturated rings. The summed E-state index contributed by atoms with van der Waals surface area (Å²) in [5, 5.41) is 5.95. The van der Waals surface area contributed by atoms with Crippen LogP contribution in [0.15, 0.2) is 158 Å². The van der Waals surface area contributed by atoms with Gasteiger partial charge in [-0.3, -0.25) is 9.88 Å². The molecule has 0 amide bonds. The molecule has 4 heterocycles. The maximum Gasteiger partial charge on any atom is 0.148 e. The van der Waals surface area contributed by atoms with Crippen LogP contribution in [0.1, 0.15) is 0 Å². The van der Waals surface area contributed by atoms with Crippen molar-refractivity contribution < 1.29 is 0 Å². The number of para-hydroxylation sites is 4. The summed E-state index contributed by atoms with van der Waals surface area (Å²) >= 11 is 0. The van der Waals surface area contributed by atoms with Gasteiger partial charge in [-0.05, 0) is 71.1 Å². The number of aromatic nitrogens is 3. The topological polar surface area (TPSA) is 34.0 Å². The number of anilines is 3. The molecule has 0 saturated carbocycles. The lowest BCUT2D eigenvalue weighted by Crippen LogP contribution is -2.17. The summed E-state index contributed by atoms with van der Waals surface area (Å²) in [5.74, 6) is 0.916. The molecule has 0 bridgehead atoms. The average Bonchev–Trinajstić information content (AvgIpc) is 3.46. The molecule has 0 unspecified atom stereocenters. The zero-order valence-electron chi connectivity index (χ0n) is 24.8. The summed E-state index contributed by atoms with van der Waals surface area (Å²) in [5.41, 5.74) is 11.2. The average molecular weight is 587 g/mol. The van der Waals surface area contributed by atoms with Crippen molar-refractivity contribution in [3.8, 4) is 28.1 Å². The number of nitrogens with zero attached hydrogens (tertiary/aromatic N) is 4. The van der Waals surface area contributed by atoms with Crippen molar-refractivity contribution in [2.24, 2.45) is 0 Å². The van der Waals surface area contributed by atoms with Crippen LogP contribution in [0.3, 0.4) is 0 Å². The van der Waals surface area contributed by atoms with E-state index in [1.807, 2.05) is 6.20 Å². The van der Waals surface area contributed by atoms with Gasteiger partial charge in [-0.1, -0.05) is 97.1 Å². The Morgan fingerprint density at radius 1 is 0.457 bits per heavy atom. The molecular formula is C42H26N4. The normalized spacial score (nSPS) is 12.3. The first kappa shape index (κ1) is 25.1. The molecule has 1 aliphatic heterocycles. The molecule has 0 aliphatic carbocycles. The highest BCUT2D eigenvalue weighted by molar-refractivity contribution is 6.19. The van der Waals surface area contributed by atoms with Crippen LogP contribution in [0.5, 0.6) is 0 Å². The minimum Gasteiger partial charge on any atom is -0.309 e. The SMILES string of the molecule is c1ccc2c(c1)-c1nccc3c1c(nc1ccccc13)N2c1ccc(-c2ccc(-n3c4ccccc4c4ccccc43)cc2)cc1. The summed E-state index contributed by atoms with van der Waals surface area (Å²) in [7, 11) is 0. The third-order valence-corrected chi connectivity index (χ3v) is 9.37. The van der Waals surface area contributed by atoms with Crippen LogP contribution in [0.25, 0.3) is 71.6 Å². The number of pyridine rings is 2. The van der Waals surface area contributed by atoms with E-state index in [0.717, 1.165) is 50.4 Å². The minimum atomic E-state index is 0.916. The van der Waals surface area contributed by atoms with Crippen molar-refractivity contribution in [3.63, 3.8) is 0 Å². The van der Waals surface area contributed by atoms with Gasteiger partial charge in [0.25, 0.3) is 0 Å². The molecule has 3 aromatic heterocycles. The molecule has 4 heteroatoms. The molecule has 0 saturated heterocycles. The standard InChI is InChI=1S/C42H26N4/c1-5-13-36-31(9-1)34-25-26-43-41-35-12-4-8-16-39(35)46(42(44-36)40(34)41)30-23-19-28(20-24-30)27-17-21-29(22-18-27)45-37-14-6-2-10-32(37)33-11-3-7-15-38(33)45/h1-26H. The van der Waals surface area contributed by atoms with Gasteiger partial charge in [0.05, 0.1) is 33.3 Å². The maximum absolute atomic E-state index is 5.23. The minimum absolute atomic E-state index is 0.916. The number of hydrogen-bond acceptors (Lipinski definition) is 3. The van der Waals surface area contributed by atoms with Crippen molar-refractivity contribution in [2.45, 2.75) is 0 Å². The summed E-state index contributed by atoms with van der Waals surface area (Å²) < 4.78 is 2.36. The number of benzene rings is 6. The molecule has 0 radical (unpaired) electrons. The van der Waals surface area contributed by atoms with Crippen LogP contribution in [-0.2, 0) is 0 Å². The van der Waals surface area contributed by atoms with Crippen molar-refractivity contribution >= 4 is 60.7 Å². The molecule has 1 aliphatic rings. The van der Waals surface area contributed by atoms with Gasteiger partial charge in [-0.25, -0.2) is 4.98 Å². The Labute approximate surface area is 265 Å². The Bertz CT molecular complexity index is 2580. The van der Waals surface area contributed by atoms with E-state index in [9.17, 15) is 0 Å². The maximum atomic E-state index is 5.23. The molecule has 46 heavy (non-hydrogen) atoms. The van der Waals surface area contributed by atoms with Crippen molar-refractivity contribution in [2.75, 3.05) is 4.90 Å². The zero-order chi connectivity index (χ0) is 30.2. The van der Waals surface area contributed by atoms with E-state index >= 15 is 0 Å². The van der Waals surface area contributed by atoms with E-state index in [1.54, 1.807) is 0 Å². The first-order valence-electron chi connectivity index (χ1n) is 15.6. The quantitative estimate of drug-likeness (QED) is 0.193. The summed E-state index contributed by atoms with van der Waals surface area (Å²) in [4.78, 5) is 12.4. The monoisotopic (exact) mass is 586 g/mol. The highest BCUT2D eigenvalue weighted by Crippen LogP contribution is 2.50. The van der Waals surface area contributed by atoms with Crippen LogP contribution in [0.2, 0.25) is 0 Å². The smallest absolute Gasteiger partial charge is 0.148 e. The molecule has 0 atom stereocenters. The second-order valence-corrected chi connectivity index (χ2v) is 11.9. The Morgan fingerprint density at radius 3 is 1.76 bits per heavy atom. The zero-order valence-corrected chi connectivity index (χ0v) is 24.8. The van der Waals surface area contributed by atoms with Crippen LogP contribution in [0.4, 0.5) is 17.2 Å². The van der Waals surface area contributed by atoms with Crippen molar-refractivity contribution in [1.29, 1.82) is 0 Å².